The van der Waals surface area contributed by atoms with Crippen LogP contribution in [-0.2, 0) is 14.8 Å². The summed E-state index contributed by atoms with van der Waals surface area (Å²) < 4.78 is 26.4. The lowest BCUT2D eigenvalue weighted by Gasteiger charge is -2.19. The number of carbonyl (C=O) groups excluding carboxylic acids is 1. The number of thiocarbonyl (C=S) groups is 1. The number of nitrogens with zero attached hydrogens (tertiary/aromatic N) is 1. The maximum atomic E-state index is 12.4. The second-order valence-electron chi connectivity index (χ2n) is 6.79. The van der Waals surface area contributed by atoms with Crippen molar-refractivity contribution < 1.29 is 13.2 Å². The highest BCUT2D eigenvalue weighted by Gasteiger charge is 2.27. The first-order valence-corrected chi connectivity index (χ1v) is 9.68. The molecule has 0 saturated carbocycles. The molecule has 6 nitrogen and oxygen atoms in total. The van der Waals surface area contributed by atoms with E-state index < -0.39 is 15.4 Å². The van der Waals surface area contributed by atoms with Crippen LogP contribution in [0.15, 0.2) is 29.2 Å². The van der Waals surface area contributed by atoms with Gasteiger partial charge in [0.05, 0.1) is 4.90 Å². The van der Waals surface area contributed by atoms with Crippen LogP contribution in [0.25, 0.3) is 0 Å². The van der Waals surface area contributed by atoms with Gasteiger partial charge in [-0.25, -0.2) is 8.42 Å². The molecule has 8 heteroatoms. The Hall–Kier alpha value is -1.51. The van der Waals surface area contributed by atoms with Gasteiger partial charge in [0.15, 0.2) is 5.11 Å². The topological polar surface area (TPSA) is 78.5 Å². The summed E-state index contributed by atoms with van der Waals surface area (Å²) in [6.45, 7) is 6.53. The summed E-state index contributed by atoms with van der Waals surface area (Å²) in [4.78, 5) is 12.1. The van der Waals surface area contributed by atoms with Crippen molar-refractivity contribution in [2.75, 3.05) is 18.4 Å². The maximum Gasteiger partial charge on any atom is 0.243 e. The van der Waals surface area contributed by atoms with Crippen molar-refractivity contribution in [2.45, 2.75) is 38.5 Å². The highest BCUT2D eigenvalue weighted by Crippen LogP contribution is 2.22. The molecule has 1 fully saturated rings. The molecule has 0 unspecified atom stereocenters. The van der Waals surface area contributed by atoms with Crippen LogP contribution in [-0.4, -0.2) is 36.8 Å². The Bertz CT molecular complexity index is 716. The first kappa shape index (κ1) is 18.8. The predicted octanol–water partition coefficient (Wildman–Crippen LogP) is 2.33. The van der Waals surface area contributed by atoms with Crippen molar-refractivity contribution in [3.63, 3.8) is 0 Å². The Morgan fingerprint density at radius 2 is 1.67 bits per heavy atom. The van der Waals surface area contributed by atoms with Crippen molar-refractivity contribution >= 4 is 38.9 Å². The van der Waals surface area contributed by atoms with E-state index in [2.05, 4.69) is 10.6 Å². The Morgan fingerprint density at radius 3 is 2.17 bits per heavy atom. The highest BCUT2D eigenvalue weighted by molar-refractivity contribution is 7.89. The first-order valence-electron chi connectivity index (χ1n) is 7.83. The molecule has 1 aromatic carbocycles. The van der Waals surface area contributed by atoms with E-state index in [-0.39, 0.29) is 15.9 Å². The van der Waals surface area contributed by atoms with Crippen molar-refractivity contribution in [3.8, 4) is 0 Å². The molecule has 0 atom stereocenters. The number of carbonyl (C=O) groups is 1. The molecule has 1 saturated heterocycles. The van der Waals surface area contributed by atoms with Crippen LogP contribution >= 0.6 is 12.2 Å². The Morgan fingerprint density at radius 1 is 1.12 bits per heavy atom. The van der Waals surface area contributed by atoms with E-state index in [1.54, 1.807) is 45.0 Å². The number of sulfonamides is 1. The molecule has 0 radical (unpaired) electrons. The molecule has 0 bridgehead atoms. The highest BCUT2D eigenvalue weighted by atomic mass is 32.2. The smallest absolute Gasteiger partial charge is 0.243 e. The number of nitrogens with one attached hydrogen (secondary N) is 2. The molecule has 0 aliphatic carbocycles. The fourth-order valence-corrected chi connectivity index (χ4v) is 3.97. The average Bonchev–Trinajstić information content (AvgIpc) is 3.01. The molecular weight excluding hydrogens is 346 g/mol. The second kappa shape index (κ2) is 7.16. The van der Waals surface area contributed by atoms with E-state index in [4.69, 9.17) is 12.2 Å². The molecule has 2 N–H and O–H groups in total. The van der Waals surface area contributed by atoms with Gasteiger partial charge >= 0.3 is 0 Å². The minimum atomic E-state index is -3.42. The standard InChI is InChI=1S/C16H23N3O3S2/c1-16(2,3)14(20)18-15(23)17-12-6-8-13(9-7-12)24(21,22)19-10-4-5-11-19/h6-9H,4-5,10-11H2,1-3H3,(H2,17,18,20,23). The zero-order valence-corrected chi connectivity index (χ0v) is 15.8. The Kier molecular flexibility index (Phi) is 5.62. The summed E-state index contributed by atoms with van der Waals surface area (Å²) in [6.07, 6.45) is 1.81. The SMILES string of the molecule is CC(C)(C)C(=O)NC(=S)Nc1ccc(S(=O)(=O)N2CCCC2)cc1. The summed E-state index contributed by atoms with van der Waals surface area (Å²) in [7, 11) is -3.42. The lowest BCUT2D eigenvalue weighted by Crippen LogP contribution is -2.41. The van der Waals surface area contributed by atoms with Gasteiger partial charge in [-0.1, -0.05) is 20.8 Å². The van der Waals surface area contributed by atoms with E-state index in [1.807, 2.05) is 0 Å². The molecule has 2 rings (SSSR count). The molecular formula is C16H23N3O3S2. The van der Waals surface area contributed by atoms with Gasteiger partial charge in [0.25, 0.3) is 0 Å². The third-order valence-electron chi connectivity index (χ3n) is 3.72. The lowest BCUT2D eigenvalue weighted by atomic mass is 9.96. The Balaban J connectivity index is 2.02. The van der Waals surface area contributed by atoms with Gasteiger partial charge < -0.3 is 10.6 Å². The average molecular weight is 370 g/mol. The Labute approximate surface area is 148 Å². The number of hydrogen-bond acceptors (Lipinski definition) is 4. The van der Waals surface area contributed by atoms with Gasteiger partial charge in [-0.05, 0) is 49.3 Å². The third-order valence-corrected chi connectivity index (χ3v) is 5.84. The molecule has 0 aromatic heterocycles. The van der Waals surface area contributed by atoms with E-state index in [1.165, 1.54) is 4.31 Å². The van der Waals surface area contributed by atoms with Gasteiger partial charge in [-0.3, -0.25) is 4.79 Å². The molecule has 24 heavy (non-hydrogen) atoms. The quantitative estimate of drug-likeness (QED) is 0.800. The van der Waals surface area contributed by atoms with Gasteiger partial charge in [-0.2, -0.15) is 4.31 Å². The second-order valence-corrected chi connectivity index (χ2v) is 9.14. The van der Waals surface area contributed by atoms with Crippen LogP contribution in [0.5, 0.6) is 0 Å². The van der Waals surface area contributed by atoms with Crippen molar-refractivity contribution in [1.29, 1.82) is 0 Å². The monoisotopic (exact) mass is 369 g/mol. The normalized spacial score (nSPS) is 16.0. The minimum Gasteiger partial charge on any atom is -0.332 e. The van der Waals surface area contributed by atoms with E-state index in [0.717, 1.165) is 12.8 Å². The molecule has 0 spiro atoms. The van der Waals surface area contributed by atoms with Crippen LogP contribution in [0.1, 0.15) is 33.6 Å². The van der Waals surface area contributed by atoms with Crippen LogP contribution in [0.2, 0.25) is 0 Å². The van der Waals surface area contributed by atoms with Crippen molar-refractivity contribution in [3.05, 3.63) is 24.3 Å². The summed E-state index contributed by atoms with van der Waals surface area (Å²) >= 11 is 5.11. The van der Waals surface area contributed by atoms with E-state index in [0.29, 0.717) is 18.8 Å². The van der Waals surface area contributed by atoms with Crippen molar-refractivity contribution in [1.82, 2.24) is 9.62 Å². The van der Waals surface area contributed by atoms with Crippen LogP contribution in [0, 0.1) is 5.41 Å². The molecule has 1 aliphatic heterocycles. The molecule has 1 aliphatic rings. The maximum absolute atomic E-state index is 12.4. The summed E-state index contributed by atoms with van der Waals surface area (Å²) in [5.41, 5.74) is 0.0777. The molecule has 1 aromatic rings. The van der Waals surface area contributed by atoms with Gasteiger partial charge in [-0.15, -0.1) is 0 Å². The summed E-state index contributed by atoms with van der Waals surface area (Å²) in [6, 6.07) is 6.37. The van der Waals surface area contributed by atoms with Crippen LogP contribution in [0.4, 0.5) is 5.69 Å². The number of hydrogen-bond donors (Lipinski definition) is 2. The van der Waals surface area contributed by atoms with Crippen LogP contribution < -0.4 is 10.6 Å². The third kappa shape index (κ3) is 4.52. The molecule has 1 heterocycles. The lowest BCUT2D eigenvalue weighted by molar-refractivity contribution is -0.126. The summed E-state index contributed by atoms with van der Waals surface area (Å²) in [5.74, 6) is -0.187. The molecule has 132 valence electrons. The first-order chi connectivity index (χ1) is 11.1. The van der Waals surface area contributed by atoms with Gasteiger partial charge in [0.1, 0.15) is 0 Å². The largest absolute Gasteiger partial charge is 0.332 e. The zero-order chi connectivity index (χ0) is 18.0. The molecule has 1 amide bonds. The van der Waals surface area contributed by atoms with E-state index >= 15 is 0 Å². The summed E-state index contributed by atoms with van der Waals surface area (Å²) in [5, 5.41) is 5.68. The van der Waals surface area contributed by atoms with Gasteiger partial charge in [0, 0.05) is 24.2 Å². The predicted molar refractivity (Wildman–Crippen MR) is 98.3 cm³/mol. The zero-order valence-electron chi connectivity index (χ0n) is 14.1. The van der Waals surface area contributed by atoms with Crippen LogP contribution in [0.3, 0.4) is 0 Å². The number of benzene rings is 1. The number of rotatable bonds is 3. The van der Waals surface area contributed by atoms with Crippen molar-refractivity contribution in [2.24, 2.45) is 5.41 Å². The van der Waals surface area contributed by atoms with E-state index in [9.17, 15) is 13.2 Å². The fourth-order valence-electron chi connectivity index (χ4n) is 2.24. The minimum absolute atomic E-state index is 0.185. The fraction of sp³-hybridized carbons (Fsp3) is 0.500. The van der Waals surface area contributed by atoms with Gasteiger partial charge in [0.2, 0.25) is 15.9 Å². The number of anilines is 1. The number of amides is 1.